The molecule has 0 aliphatic carbocycles. The van der Waals surface area contributed by atoms with Gasteiger partial charge >= 0.3 is 5.97 Å². The summed E-state index contributed by atoms with van der Waals surface area (Å²) in [6, 6.07) is 5.71. The molecule has 2 heterocycles. The number of allylic oxidation sites excluding steroid dienone is 1. The first kappa shape index (κ1) is 30.4. The molecule has 3 N–H and O–H groups in total. The van der Waals surface area contributed by atoms with Crippen LogP contribution in [0.1, 0.15) is 96.2 Å². The lowest BCUT2D eigenvalue weighted by atomic mass is 9.71. The number of fused-ring (bicyclic) bond motifs is 1. The van der Waals surface area contributed by atoms with E-state index >= 15 is 0 Å². The Hall–Kier alpha value is -2.13. The van der Waals surface area contributed by atoms with Gasteiger partial charge in [-0.1, -0.05) is 51.8 Å². The zero-order chi connectivity index (χ0) is 28.0. The van der Waals surface area contributed by atoms with Gasteiger partial charge in [0.25, 0.3) is 0 Å². The van der Waals surface area contributed by atoms with E-state index in [1.165, 1.54) is 16.9 Å². The van der Waals surface area contributed by atoms with Crippen molar-refractivity contribution in [2.45, 2.75) is 104 Å². The Labute approximate surface area is 229 Å². The molecule has 3 rings (SSSR count). The molecule has 1 aliphatic heterocycles. The fourth-order valence-electron chi connectivity index (χ4n) is 5.22. The van der Waals surface area contributed by atoms with Crippen molar-refractivity contribution >= 4 is 33.3 Å². The number of Topliss-reactive ketones (excluding diaryl/α,β-unsaturated/α-hetero) is 1. The normalized spacial score (nSPS) is 29.6. The molecule has 0 bridgehead atoms. The molecule has 2 aromatic rings. The van der Waals surface area contributed by atoms with Crippen molar-refractivity contribution in [2.75, 3.05) is 0 Å². The number of hydrogen-bond donors (Lipinski definition) is 3. The van der Waals surface area contributed by atoms with Crippen molar-refractivity contribution in [3.63, 3.8) is 0 Å². The number of hydrogen-bond acceptors (Lipinski definition) is 8. The molecular weight excluding hydrogens is 502 g/mol. The molecule has 0 spiro atoms. The van der Waals surface area contributed by atoms with Crippen LogP contribution in [-0.4, -0.2) is 44.3 Å². The molecule has 0 unspecified atom stereocenters. The number of esters is 1. The van der Waals surface area contributed by atoms with Gasteiger partial charge in [0.1, 0.15) is 16.9 Å². The molecule has 0 saturated heterocycles. The second kappa shape index (κ2) is 13.3. The Bertz CT molecular complexity index is 1140. The number of rotatable bonds is 4. The van der Waals surface area contributed by atoms with Crippen molar-refractivity contribution < 1.29 is 29.6 Å². The maximum absolute atomic E-state index is 13.6. The van der Waals surface area contributed by atoms with E-state index in [2.05, 4.69) is 18.0 Å². The zero-order valence-electron chi connectivity index (χ0n) is 23.3. The van der Waals surface area contributed by atoms with Gasteiger partial charge in [0.15, 0.2) is 0 Å². The average molecular weight is 546 g/mol. The van der Waals surface area contributed by atoms with Crippen molar-refractivity contribution in [2.24, 2.45) is 17.3 Å². The Morgan fingerprint density at radius 2 is 1.95 bits per heavy atom. The highest BCUT2D eigenvalue weighted by atomic mass is 32.1. The highest BCUT2D eigenvalue weighted by Gasteiger charge is 2.43. The largest absolute Gasteiger partial charge is 0.457 e. The fraction of sp³-hybridized carbons (Fsp3) is 0.633. The third kappa shape index (κ3) is 7.29. The number of benzene rings is 1. The quantitative estimate of drug-likeness (QED) is 0.336. The Balaban J connectivity index is 1.93. The van der Waals surface area contributed by atoms with Gasteiger partial charge in [0, 0.05) is 12.3 Å². The molecule has 0 amide bonds. The molecule has 7 nitrogen and oxygen atoms in total. The van der Waals surface area contributed by atoms with E-state index in [9.17, 15) is 24.9 Å². The standard InChI is InChI=1S/C30H43NO6S/c1-6-8-21-28(35)19(3)10-7-9-18(2)11-13-23(37-27(34)16-25(33)30(4,5)29(21)36)20-12-14-24-22(15-20)31-26(17-32)38-24/h11-12,14-15,19,21,23,25,28,32-33,35H,6-10,13,16-17H2,1-5H3/b18-11-/t19-,21+,23-,25-,28-/m0/s1. The molecule has 0 radical (unpaired) electrons. The average Bonchev–Trinajstić information content (AvgIpc) is 3.30. The SMILES string of the molecule is CCC[C@H]1C(=O)C(C)(C)[C@@H](O)CC(=O)O[C@H](c2ccc3sc(CO)nc3c2)C/C=C(/C)CCC[C@H](C)[C@@H]1O. The Morgan fingerprint density at radius 1 is 1.21 bits per heavy atom. The number of nitrogens with zero attached hydrogens (tertiary/aromatic N) is 1. The van der Waals surface area contributed by atoms with Crippen LogP contribution in [0.25, 0.3) is 10.2 Å². The summed E-state index contributed by atoms with van der Waals surface area (Å²) in [6.07, 6.45) is 3.38. The number of thiazole rings is 1. The van der Waals surface area contributed by atoms with Gasteiger partial charge in [-0.3, -0.25) is 9.59 Å². The minimum Gasteiger partial charge on any atom is -0.457 e. The van der Waals surface area contributed by atoms with Crippen molar-refractivity contribution in [1.82, 2.24) is 4.98 Å². The van der Waals surface area contributed by atoms with Crippen LogP contribution in [0.2, 0.25) is 0 Å². The van der Waals surface area contributed by atoms with Gasteiger partial charge in [0.2, 0.25) is 0 Å². The van der Waals surface area contributed by atoms with Crippen molar-refractivity contribution in [3.8, 4) is 0 Å². The minimum absolute atomic E-state index is 0.0597. The molecule has 1 aromatic carbocycles. The highest BCUT2D eigenvalue weighted by molar-refractivity contribution is 7.18. The second-order valence-electron chi connectivity index (χ2n) is 11.3. The topological polar surface area (TPSA) is 117 Å². The van der Waals surface area contributed by atoms with Gasteiger partial charge in [-0.2, -0.15) is 0 Å². The van der Waals surface area contributed by atoms with Crippen LogP contribution in [0.15, 0.2) is 29.8 Å². The van der Waals surface area contributed by atoms with E-state index in [0.717, 1.165) is 41.5 Å². The maximum atomic E-state index is 13.6. The van der Waals surface area contributed by atoms with Crippen LogP contribution in [0.3, 0.4) is 0 Å². The van der Waals surface area contributed by atoms with Crippen molar-refractivity contribution in [3.05, 3.63) is 40.4 Å². The lowest BCUT2D eigenvalue weighted by Gasteiger charge is -2.36. The second-order valence-corrected chi connectivity index (χ2v) is 12.4. The molecule has 210 valence electrons. The zero-order valence-corrected chi connectivity index (χ0v) is 24.1. The number of carbonyl (C=O) groups is 2. The third-order valence-corrected chi connectivity index (χ3v) is 8.93. The first-order valence-electron chi connectivity index (χ1n) is 13.7. The molecule has 38 heavy (non-hydrogen) atoms. The fourth-order valence-corrected chi connectivity index (χ4v) is 6.03. The smallest absolute Gasteiger partial charge is 0.309 e. The maximum Gasteiger partial charge on any atom is 0.309 e. The van der Waals surface area contributed by atoms with E-state index < -0.39 is 35.6 Å². The summed E-state index contributed by atoms with van der Waals surface area (Å²) in [4.78, 5) is 31.1. The number of ether oxygens (including phenoxy) is 1. The molecule has 1 aromatic heterocycles. The first-order valence-corrected chi connectivity index (χ1v) is 14.5. The first-order chi connectivity index (χ1) is 18.0. The summed E-state index contributed by atoms with van der Waals surface area (Å²) in [5.74, 6) is -1.46. The summed E-state index contributed by atoms with van der Waals surface area (Å²) in [5, 5.41) is 32.2. The predicted molar refractivity (Wildman–Crippen MR) is 150 cm³/mol. The van der Waals surface area contributed by atoms with Crippen molar-refractivity contribution in [1.29, 1.82) is 0 Å². The number of aliphatic hydroxyl groups is 3. The van der Waals surface area contributed by atoms with Crippen LogP contribution in [-0.2, 0) is 20.9 Å². The van der Waals surface area contributed by atoms with Crippen LogP contribution < -0.4 is 0 Å². The third-order valence-electron chi connectivity index (χ3n) is 7.91. The number of aliphatic hydroxyl groups excluding tert-OH is 3. The summed E-state index contributed by atoms with van der Waals surface area (Å²) in [5.41, 5.74) is 1.47. The van der Waals surface area contributed by atoms with Gasteiger partial charge in [-0.15, -0.1) is 11.3 Å². The van der Waals surface area contributed by atoms with Gasteiger partial charge < -0.3 is 20.1 Å². The van der Waals surface area contributed by atoms with Crippen LogP contribution in [0.4, 0.5) is 0 Å². The molecule has 8 heteroatoms. The molecule has 5 atom stereocenters. The van der Waals surface area contributed by atoms with E-state index in [1.54, 1.807) is 13.8 Å². The van der Waals surface area contributed by atoms with E-state index in [-0.39, 0.29) is 24.7 Å². The molecule has 0 fully saturated rings. The summed E-state index contributed by atoms with van der Waals surface area (Å²) in [7, 11) is 0. The van der Waals surface area contributed by atoms with E-state index in [1.807, 2.05) is 32.0 Å². The molecule has 0 saturated carbocycles. The lowest BCUT2D eigenvalue weighted by Crippen LogP contribution is -2.46. The number of ketones is 1. The lowest BCUT2D eigenvalue weighted by molar-refractivity contribution is -0.156. The minimum atomic E-state index is -1.25. The Morgan fingerprint density at radius 3 is 2.63 bits per heavy atom. The van der Waals surface area contributed by atoms with Gasteiger partial charge in [0.05, 0.1) is 40.9 Å². The van der Waals surface area contributed by atoms with E-state index in [4.69, 9.17) is 4.74 Å². The molecular formula is C30H43NO6S. The summed E-state index contributed by atoms with van der Waals surface area (Å²) >= 11 is 1.42. The molecule has 1 aliphatic rings. The van der Waals surface area contributed by atoms with Crippen LogP contribution >= 0.6 is 11.3 Å². The van der Waals surface area contributed by atoms with E-state index in [0.29, 0.717) is 17.8 Å². The Kier molecular flexibility index (Phi) is 10.6. The van der Waals surface area contributed by atoms with Gasteiger partial charge in [-0.25, -0.2) is 4.98 Å². The van der Waals surface area contributed by atoms with Gasteiger partial charge in [-0.05, 0) is 56.2 Å². The van der Waals surface area contributed by atoms with Crippen LogP contribution in [0, 0.1) is 17.3 Å². The monoisotopic (exact) mass is 545 g/mol. The summed E-state index contributed by atoms with van der Waals surface area (Å²) in [6.45, 7) is 9.18. The number of aromatic nitrogens is 1. The number of carbonyl (C=O) groups excluding carboxylic acids is 2. The predicted octanol–water partition coefficient (Wildman–Crippen LogP) is 5.65. The van der Waals surface area contributed by atoms with Crippen LogP contribution in [0.5, 0.6) is 0 Å². The highest BCUT2D eigenvalue weighted by Crippen LogP contribution is 2.35. The summed E-state index contributed by atoms with van der Waals surface area (Å²) < 4.78 is 6.84. The number of cyclic esters (lactones) is 1.